The van der Waals surface area contributed by atoms with Crippen LogP contribution in [-0.2, 0) is 0 Å². The number of nitro benzene ring substituents is 1. The van der Waals surface area contributed by atoms with E-state index in [1.54, 1.807) is 6.07 Å². The zero-order chi connectivity index (χ0) is 11.3. The van der Waals surface area contributed by atoms with Crippen LogP contribution >= 0.6 is 24.2 Å². The molecule has 0 heterocycles. The van der Waals surface area contributed by atoms with Gasteiger partial charge in [0, 0.05) is 12.1 Å². The summed E-state index contributed by atoms with van der Waals surface area (Å²) in [6.45, 7) is 0. The molecule has 15 heavy (non-hydrogen) atoms. The SMILES string of the molecule is O=[N+]([O-])c1ccc(C=CCCS)c(Cl)c1. The molecule has 0 aliphatic rings. The van der Waals surface area contributed by atoms with Crippen molar-refractivity contribution in [3.05, 3.63) is 45.0 Å². The van der Waals surface area contributed by atoms with Crippen molar-refractivity contribution in [1.29, 1.82) is 0 Å². The Labute approximate surface area is 98.3 Å². The number of hydrogen-bond donors (Lipinski definition) is 1. The number of thiol groups is 1. The van der Waals surface area contributed by atoms with Gasteiger partial charge in [0.2, 0.25) is 0 Å². The first-order valence-electron chi connectivity index (χ1n) is 4.36. The molecule has 0 N–H and O–H groups in total. The van der Waals surface area contributed by atoms with Gasteiger partial charge in [-0.25, -0.2) is 0 Å². The van der Waals surface area contributed by atoms with Crippen molar-refractivity contribution in [2.75, 3.05) is 5.75 Å². The second-order valence-electron chi connectivity index (χ2n) is 2.88. The first-order valence-corrected chi connectivity index (χ1v) is 5.37. The second-order valence-corrected chi connectivity index (χ2v) is 3.73. The lowest BCUT2D eigenvalue weighted by Gasteiger charge is -1.97. The molecule has 0 bridgehead atoms. The van der Waals surface area contributed by atoms with E-state index in [9.17, 15) is 10.1 Å². The summed E-state index contributed by atoms with van der Waals surface area (Å²) in [4.78, 5) is 9.98. The Morgan fingerprint density at radius 3 is 2.80 bits per heavy atom. The summed E-state index contributed by atoms with van der Waals surface area (Å²) >= 11 is 9.94. The van der Waals surface area contributed by atoms with Crippen LogP contribution in [0.25, 0.3) is 6.08 Å². The fraction of sp³-hybridized carbons (Fsp3) is 0.200. The van der Waals surface area contributed by atoms with Gasteiger partial charge in [0.05, 0.1) is 9.95 Å². The molecule has 0 fully saturated rings. The summed E-state index contributed by atoms with van der Waals surface area (Å²) in [6, 6.07) is 4.42. The van der Waals surface area contributed by atoms with E-state index in [2.05, 4.69) is 12.6 Å². The van der Waals surface area contributed by atoms with E-state index >= 15 is 0 Å². The third-order valence-corrected chi connectivity index (χ3v) is 2.37. The quantitative estimate of drug-likeness (QED) is 0.499. The molecule has 0 spiro atoms. The van der Waals surface area contributed by atoms with Crippen molar-refractivity contribution in [2.45, 2.75) is 6.42 Å². The molecule has 80 valence electrons. The van der Waals surface area contributed by atoms with Crippen LogP contribution in [0, 0.1) is 10.1 Å². The summed E-state index contributed by atoms with van der Waals surface area (Å²) < 4.78 is 0. The van der Waals surface area contributed by atoms with Gasteiger partial charge in [0.1, 0.15) is 0 Å². The molecule has 3 nitrogen and oxygen atoms in total. The van der Waals surface area contributed by atoms with Gasteiger partial charge in [-0.05, 0) is 23.8 Å². The van der Waals surface area contributed by atoms with Crippen molar-refractivity contribution in [1.82, 2.24) is 0 Å². The van der Waals surface area contributed by atoms with Gasteiger partial charge in [0.25, 0.3) is 5.69 Å². The van der Waals surface area contributed by atoms with Gasteiger partial charge < -0.3 is 0 Å². The molecule has 0 saturated carbocycles. The Balaban J connectivity index is 2.88. The number of nitrogens with zero attached hydrogens (tertiary/aromatic N) is 1. The average molecular weight is 244 g/mol. The topological polar surface area (TPSA) is 43.1 Å². The summed E-state index contributed by atoms with van der Waals surface area (Å²) in [5.41, 5.74) is 0.787. The molecule has 1 aromatic rings. The molecule has 1 rings (SSSR count). The standard InChI is InChI=1S/C10H10ClNO2S/c11-10-7-9(12(13)14)5-4-8(10)3-1-2-6-15/h1,3-5,7,15H,2,6H2. The molecular weight excluding hydrogens is 234 g/mol. The van der Waals surface area contributed by atoms with Crippen LogP contribution < -0.4 is 0 Å². The zero-order valence-electron chi connectivity index (χ0n) is 7.89. The van der Waals surface area contributed by atoms with Crippen LogP contribution in [0.1, 0.15) is 12.0 Å². The van der Waals surface area contributed by atoms with Gasteiger partial charge in [-0.15, -0.1) is 0 Å². The lowest BCUT2D eigenvalue weighted by Crippen LogP contribution is -1.88. The predicted octanol–water partition coefficient (Wildman–Crippen LogP) is 3.58. The normalized spacial score (nSPS) is 10.8. The highest BCUT2D eigenvalue weighted by atomic mass is 35.5. The monoisotopic (exact) mass is 243 g/mol. The maximum atomic E-state index is 10.4. The largest absolute Gasteiger partial charge is 0.270 e. The number of rotatable bonds is 4. The minimum atomic E-state index is -0.465. The van der Waals surface area contributed by atoms with Crippen LogP contribution in [-0.4, -0.2) is 10.7 Å². The summed E-state index contributed by atoms with van der Waals surface area (Å²) in [7, 11) is 0. The van der Waals surface area contributed by atoms with Crippen LogP contribution in [0.2, 0.25) is 5.02 Å². The van der Waals surface area contributed by atoms with Crippen molar-refractivity contribution >= 4 is 36.0 Å². The minimum absolute atomic E-state index is 0.00588. The van der Waals surface area contributed by atoms with Crippen molar-refractivity contribution in [2.24, 2.45) is 0 Å². The van der Waals surface area contributed by atoms with Gasteiger partial charge in [-0.1, -0.05) is 23.8 Å². The molecule has 0 radical (unpaired) electrons. The maximum absolute atomic E-state index is 10.4. The average Bonchev–Trinajstić information content (AvgIpc) is 2.20. The van der Waals surface area contributed by atoms with E-state index in [1.165, 1.54) is 12.1 Å². The maximum Gasteiger partial charge on any atom is 0.270 e. The molecule has 0 aromatic heterocycles. The molecule has 0 aliphatic heterocycles. The summed E-state index contributed by atoms with van der Waals surface area (Å²) in [6.07, 6.45) is 4.61. The number of halogens is 1. The molecule has 1 aromatic carbocycles. The number of benzene rings is 1. The van der Waals surface area contributed by atoms with Crippen LogP contribution in [0.5, 0.6) is 0 Å². The number of non-ortho nitro benzene ring substituents is 1. The number of hydrogen-bond acceptors (Lipinski definition) is 3. The zero-order valence-corrected chi connectivity index (χ0v) is 9.54. The molecule has 0 amide bonds. The Bertz CT molecular complexity index is 393. The van der Waals surface area contributed by atoms with E-state index < -0.39 is 4.92 Å². The molecule has 0 saturated heterocycles. The van der Waals surface area contributed by atoms with Crippen LogP contribution in [0.3, 0.4) is 0 Å². The van der Waals surface area contributed by atoms with Crippen LogP contribution in [0.4, 0.5) is 5.69 Å². The second kappa shape index (κ2) is 5.78. The highest BCUT2D eigenvalue weighted by Gasteiger charge is 2.07. The Kier molecular flexibility index (Phi) is 4.65. The summed E-state index contributed by atoms with van der Waals surface area (Å²) in [5, 5.41) is 10.8. The van der Waals surface area contributed by atoms with E-state index in [0.29, 0.717) is 5.02 Å². The molecular formula is C10H10ClNO2S. The van der Waals surface area contributed by atoms with Crippen molar-refractivity contribution in [3.8, 4) is 0 Å². The Morgan fingerprint density at radius 2 is 2.27 bits per heavy atom. The lowest BCUT2D eigenvalue weighted by atomic mass is 10.2. The highest BCUT2D eigenvalue weighted by Crippen LogP contribution is 2.23. The molecule has 0 unspecified atom stereocenters. The fourth-order valence-electron chi connectivity index (χ4n) is 1.05. The van der Waals surface area contributed by atoms with E-state index in [1.807, 2.05) is 12.2 Å². The Morgan fingerprint density at radius 1 is 1.53 bits per heavy atom. The van der Waals surface area contributed by atoms with E-state index in [0.717, 1.165) is 17.7 Å². The van der Waals surface area contributed by atoms with Gasteiger partial charge in [-0.3, -0.25) is 10.1 Å². The molecule has 0 atom stereocenters. The van der Waals surface area contributed by atoms with E-state index in [4.69, 9.17) is 11.6 Å². The third-order valence-electron chi connectivity index (χ3n) is 1.79. The van der Waals surface area contributed by atoms with Crippen LogP contribution in [0.15, 0.2) is 24.3 Å². The first-order chi connectivity index (χ1) is 7.15. The van der Waals surface area contributed by atoms with E-state index in [-0.39, 0.29) is 5.69 Å². The number of nitro groups is 1. The van der Waals surface area contributed by atoms with Gasteiger partial charge >= 0.3 is 0 Å². The number of allylic oxidation sites excluding steroid dienone is 1. The van der Waals surface area contributed by atoms with Gasteiger partial charge in [-0.2, -0.15) is 12.6 Å². The Hall–Kier alpha value is -1.000. The van der Waals surface area contributed by atoms with Crippen molar-refractivity contribution in [3.63, 3.8) is 0 Å². The van der Waals surface area contributed by atoms with Gasteiger partial charge in [0.15, 0.2) is 0 Å². The fourth-order valence-corrected chi connectivity index (χ4v) is 1.44. The van der Waals surface area contributed by atoms with Crippen molar-refractivity contribution < 1.29 is 4.92 Å². The minimum Gasteiger partial charge on any atom is -0.258 e. The molecule has 5 heteroatoms. The first kappa shape index (κ1) is 12.1. The third kappa shape index (κ3) is 3.57. The summed E-state index contributed by atoms with van der Waals surface area (Å²) in [5.74, 6) is 0.765. The predicted molar refractivity (Wildman–Crippen MR) is 65.6 cm³/mol. The molecule has 0 aliphatic carbocycles. The lowest BCUT2D eigenvalue weighted by molar-refractivity contribution is -0.384. The smallest absolute Gasteiger partial charge is 0.258 e. The highest BCUT2D eigenvalue weighted by molar-refractivity contribution is 7.80.